The number of benzene rings is 1. The topological polar surface area (TPSA) is 68.1 Å². The normalized spacial score (nSPS) is 20.0. The number of ether oxygens (including phenoxy) is 2. The van der Waals surface area contributed by atoms with Crippen molar-refractivity contribution in [1.82, 2.24) is 14.7 Å². The molecule has 4 heterocycles. The fraction of sp³-hybridized carbons (Fsp3) is 0.364. The molecule has 0 spiro atoms. The maximum atomic E-state index is 14.1. The number of fused-ring (bicyclic) bond motifs is 1. The minimum absolute atomic E-state index is 0.0700. The van der Waals surface area contributed by atoms with E-state index in [1.54, 1.807) is 36.7 Å². The highest BCUT2D eigenvalue weighted by Gasteiger charge is 2.37. The summed E-state index contributed by atoms with van der Waals surface area (Å²) in [6, 6.07) is 4.28. The number of rotatable bonds is 1. The molecule has 2 bridgehead atoms. The third kappa shape index (κ3) is 3.49. The highest BCUT2D eigenvalue weighted by molar-refractivity contribution is 6.00. The van der Waals surface area contributed by atoms with Gasteiger partial charge >= 0.3 is 0 Å². The van der Waals surface area contributed by atoms with Crippen molar-refractivity contribution < 1.29 is 27.4 Å². The van der Waals surface area contributed by atoms with Gasteiger partial charge in [0.15, 0.2) is 17.2 Å². The zero-order valence-electron chi connectivity index (χ0n) is 17.4. The van der Waals surface area contributed by atoms with E-state index in [4.69, 9.17) is 9.47 Å². The van der Waals surface area contributed by atoms with Crippen molar-refractivity contribution in [2.75, 3.05) is 18.1 Å². The SMILES string of the molecule is CC1(C)COc2ccc(F)cc2CN2c3nc4c(ccn4cc3OC[C@H]2C(F)F)C(=O)N1. The Morgan fingerprint density at radius 2 is 2.03 bits per heavy atom. The van der Waals surface area contributed by atoms with Crippen molar-refractivity contribution in [2.45, 2.75) is 38.4 Å². The number of amides is 1. The van der Waals surface area contributed by atoms with Crippen LogP contribution in [0.1, 0.15) is 29.8 Å². The number of halogens is 3. The van der Waals surface area contributed by atoms with Crippen LogP contribution in [-0.4, -0.2) is 46.5 Å². The Labute approximate surface area is 181 Å². The first-order chi connectivity index (χ1) is 15.2. The van der Waals surface area contributed by atoms with E-state index >= 15 is 0 Å². The van der Waals surface area contributed by atoms with E-state index in [0.717, 1.165) is 0 Å². The third-order valence-electron chi connectivity index (χ3n) is 5.60. The number of anilines is 1. The van der Waals surface area contributed by atoms with Gasteiger partial charge in [0, 0.05) is 18.3 Å². The molecule has 1 atom stereocenters. The third-order valence-corrected chi connectivity index (χ3v) is 5.60. The predicted molar refractivity (Wildman–Crippen MR) is 110 cm³/mol. The zero-order chi connectivity index (χ0) is 22.6. The van der Waals surface area contributed by atoms with E-state index in [1.165, 1.54) is 23.1 Å². The first-order valence-electron chi connectivity index (χ1n) is 10.1. The number of hydrogen-bond donors (Lipinski definition) is 1. The molecule has 168 valence electrons. The van der Waals surface area contributed by atoms with Gasteiger partial charge in [0.05, 0.1) is 17.3 Å². The number of carbonyl (C=O) groups excluding carboxylic acids is 1. The molecule has 0 aliphatic carbocycles. The largest absolute Gasteiger partial charge is 0.491 e. The van der Waals surface area contributed by atoms with Gasteiger partial charge < -0.3 is 24.1 Å². The minimum Gasteiger partial charge on any atom is -0.491 e. The van der Waals surface area contributed by atoms with Crippen LogP contribution in [0.5, 0.6) is 11.5 Å². The van der Waals surface area contributed by atoms with Crippen LogP contribution in [0.25, 0.3) is 5.65 Å². The van der Waals surface area contributed by atoms with Crippen LogP contribution in [0.4, 0.5) is 19.0 Å². The molecule has 0 unspecified atom stereocenters. The number of alkyl halides is 2. The maximum Gasteiger partial charge on any atom is 0.261 e. The highest BCUT2D eigenvalue weighted by Crippen LogP contribution is 2.37. The Morgan fingerprint density at radius 3 is 2.81 bits per heavy atom. The van der Waals surface area contributed by atoms with Gasteiger partial charge in [0.25, 0.3) is 12.3 Å². The van der Waals surface area contributed by atoms with E-state index < -0.39 is 23.8 Å². The molecule has 5 rings (SSSR count). The highest BCUT2D eigenvalue weighted by atomic mass is 19.3. The molecule has 1 N–H and O–H groups in total. The molecule has 0 saturated heterocycles. The van der Waals surface area contributed by atoms with Crippen LogP contribution in [0, 0.1) is 5.82 Å². The van der Waals surface area contributed by atoms with Crippen molar-refractivity contribution in [3.63, 3.8) is 0 Å². The van der Waals surface area contributed by atoms with Crippen molar-refractivity contribution >= 4 is 17.4 Å². The molecule has 0 saturated carbocycles. The molecular formula is C22H21F3N4O3. The Balaban J connectivity index is 1.73. The zero-order valence-corrected chi connectivity index (χ0v) is 17.4. The summed E-state index contributed by atoms with van der Waals surface area (Å²) in [5.41, 5.74) is 0.223. The molecule has 32 heavy (non-hydrogen) atoms. The first-order valence-corrected chi connectivity index (χ1v) is 10.1. The molecule has 2 aliphatic rings. The van der Waals surface area contributed by atoms with E-state index in [9.17, 15) is 18.0 Å². The molecule has 2 aromatic heterocycles. The Bertz CT molecular complexity index is 1210. The van der Waals surface area contributed by atoms with E-state index in [1.807, 2.05) is 0 Å². The number of hydrogen-bond acceptors (Lipinski definition) is 5. The summed E-state index contributed by atoms with van der Waals surface area (Å²) in [7, 11) is 0. The quantitative estimate of drug-likeness (QED) is 0.621. The summed E-state index contributed by atoms with van der Waals surface area (Å²) in [4.78, 5) is 18.9. The second-order valence-corrected chi connectivity index (χ2v) is 8.61. The molecule has 2 aliphatic heterocycles. The van der Waals surface area contributed by atoms with Gasteiger partial charge in [-0.25, -0.2) is 18.2 Å². The second-order valence-electron chi connectivity index (χ2n) is 8.61. The van der Waals surface area contributed by atoms with Gasteiger partial charge in [-0.15, -0.1) is 0 Å². The molecule has 1 amide bonds. The molecule has 7 nitrogen and oxygen atoms in total. The minimum atomic E-state index is -2.73. The van der Waals surface area contributed by atoms with Crippen LogP contribution in [0.15, 0.2) is 36.7 Å². The lowest BCUT2D eigenvalue weighted by molar-refractivity contribution is 0.0766. The first kappa shape index (κ1) is 20.5. The second kappa shape index (κ2) is 7.32. The molecule has 1 aromatic carbocycles. The lowest BCUT2D eigenvalue weighted by Crippen LogP contribution is -2.48. The van der Waals surface area contributed by atoms with Crippen molar-refractivity contribution in [3.05, 3.63) is 53.6 Å². The maximum absolute atomic E-state index is 14.1. The summed E-state index contributed by atoms with van der Waals surface area (Å²) >= 11 is 0. The van der Waals surface area contributed by atoms with Crippen LogP contribution in [0.3, 0.4) is 0 Å². The van der Waals surface area contributed by atoms with Crippen LogP contribution in [-0.2, 0) is 6.54 Å². The Morgan fingerprint density at radius 1 is 1.22 bits per heavy atom. The van der Waals surface area contributed by atoms with Crippen molar-refractivity contribution in [1.29, 1.82) is 0 Å². The van der Waals surface area contributed by atoms with Gasteiger partial charge in [-0.2, -0.15) is 0 Å². The standard InChI is InChI=1S/C22H21F3N4O3/c1-22(2)11-32-16-4-3-13(23)7-12(16)8-29-15(18(24)25)10-31-17-9-28-6-5-14(21(30)27-22)19(28)26-20(17)29/h3-7,9,15,18H,8,10-11H2,1-2H3,(H,27,30)/t15-/m0/s1. The Hall–Kier alpha value is -3.43. The van der Waals surface area contributed by atoms with Crippen molar-refractivity contribution in [3.8, 4) is 11.5 Å². The summed E-state index contributed by atoms with van der Waals surface area (Å²) in [5, 5.41) is 2.92. The fourth-order valence-electron chi connectivity index (χ4n) is 3.97. The number of nitrogens with one attached hydrogen (secondary N) is 1. The average molecular weight is 446 g/mol. The summed E-state index contributed by atoms with van der Waals surface area (Å²) < 4.78 is 55.1. The average Bonchev–Trinajstić information content (AvgIpc) is 3.14. The van der Waals surface area contributed by atoms with Gasteiger partial charge in [-0.05, 0) is 38.1 Å². The molecule has 3 aromatic rings. The monoisotopic (exact) mass is 446 g/mol. The molecular weight excluding hydrogens is 425 g/mol. The Kier molecular flexibility index (Phi) is 4.68. The van der Waals surface area contributed by atoms with Crippen LogP contribution >= 0.6 is 0 Å². The smallest absolute Gasteiger partial charge is 0.261 e. The fourth-order valence-corrected chi connectivity index (χ4v) is 3.97. The van der Waals surface area contributed by atoms with Gasteiger partial charge in [-0.1, -0.05) is 0 Å². The molecule has 10 heteroatoms. The summed E-state index contributed by atoms with van der Waals surface area (Å²) in [6.45, 7) is 3.35. The van der Waals surface area contributed by atoms with E-state index in [0.29, 0.717) is 28.3 Å². The van der Waals surface area contributed by atoms with Gasteiger partial charge in [-0.3, -0.25) is 4.79 Å². The number of nitrogens with zero attached hydrogens (tertiary/aromatic N) is 3. The lowest BCUT2D eigenvalue weighted by Gasteiger charge is -2.37. The summed E-state index contributed by atoms with van der Waals surface area (Å²) in [6.07, 6.45) is 0.532. The number of aromatic nitrogens is 2. The summed E-state index contributed by atoms with van der Waals surface area (Å²) in [5.74, 6) is -0.0811. The van der Waals surface area contributed by atoms with Crippen LogP contribution < -0.4 is 19.7 Å². The lowest BCUT2D eigenvalue weighted by atomic mass is 10.1. The van der Waals surface area contributed by atoms with Crippen molar-refractivity contribution in [2.24, 2.45) is 0 Å². The molecule has 0 radical (unpaired) electrons. The predicted octanol–water partition coefficient (Wildman–Crippen LogP) is 3.41. The van der Waals surface area contributed by atoms with Gasteiger partial charge in [0.1, 0.15) is 30.8 Å². The van der Waals surface area contributed by atoms with E-state index in [2.05, 4.69) is 10.3 Å². The molecule has 0 fully saturated rings. The van der Waals surface area contributed by atoms with Crippen LogP contribution in [0.2, 0.25) is 0 Å². The van der Waals surface area contributed by atoms with E-state index in [-0.39, 0.29) is 31.5 Å². The number of carbonyl (C=O) groups is 1. The van der Waals surface area contributed by atoms with Gasteiger partial charge in [0.2, 0.25) is 0 Å².